The van der Waals surface area contributed by atoms with Crippen LogP contribution < -0.4 is 20.3 Å². The third-order valence-corrected chi connectivity index (χ3v) is 5.14. The summed E-state index contributed by atoms with van der Waals surface area (Å²) in [6.45, 7) is 4.42. The van der Waals surface area contributed by atoms with Crippen molar-refractivity contribution >= 4 is 28.9 Å². The maximum absolute atomic E-state index is 12.4. The zero-order valence-electron chi connectivity index (χ0n) is 17.9. The van der Waals surface area contributed by atoms with Crippen LogP contribution in [0, 0.1) is 6.92 Å². The van der Waals surface area contributed by atoms with Crippen molar-refractivity contribution in [3.05, 3.63) is 48.0 Å². The molecule has 0 spiro atoms. The van der Waals surface area contributed by atoms with Crippen molar-refractivity contribution in [3.63, 3.8) is 0 Å². The number of nitrogens with zero attached hydrogens (tertiary/aromatic N) is 2. The van der Waals surface area contributed by atoms with Crippen LogP contribution in [-0.4, -0.2) is 57.1 Å². The molecule has 2 aromatic carbocycles. The predicted octanol–water partition coefficient (Wildman–Crippen LogP) is 3.11. The molecule has 1 aliphatic heterocycles. The number of hydrogen-bond acceptors (Lipinski definition) is 5. The van der Waals surface area contributed by atoms with Gasteiger partial charge in [-0.2, -0.15) is 0 Å². The topological polar surface area (TPSA) is 73.9 Å². The summed E-state index contributed by atoms with van der Waals surface area (Å²) in [5.74, 6) is 0.333. The zero-order chi connectivity index (χ0) is 21.5. The maximum Gasteiger partial charge on any atom is 0.238 e. The summed E-state index contributed by atoms with van der Waals surface area (Å²) in [4.78, 5) is 28.7. The number of hydrogen-bond donors (Lipinski definition) is 2. The highest BCUT2D eigenvalue weighted by Crippen LogP contribution is 2.25. The van der Waals surface area contributed by atoms with E-state index < -0.39 is 0 Å². The van der Waals surface area contributed by atoms with Gasteiger partial charge in [0, 0.05) is 36.2 Å². The fraction of sp³-hybridized carbons (Fsp3) is 0.391. The SMILES string of the molecule is COc1cccc(NC(=O)CN(C)CC(=O)Nc2ccc(N3CCCC3)cc2C)c1. The molecule has 0 saturated carbocycles. The first kappa shape index (κ1) is 21.6. The molecule has 1 heterocycles. The van der Waals surface area contributed by atoms with Crippen molar-refractivity contribution in [2.45, 2.75) is 19.8 Å². The molecule has 0 aromatic heterocycles. The minimum Gasteiger partial charge on any atom is -0.497 e. The molecular weight excluding hydrogens is 380 g/mol. The Balaban J connectivity index is 1.48. The summed E-state index contributed by atoms with van der Waals surface area (Å²) < 4.78 is 5.16. The van der Waals surface area contributed by atoms with E-state index in [-0.39, 0.29) is 24.9 Å². The molecule has 2 N–H and O–H groups in total. The van der Waals surface area contributed by atoms with E-state index in [2.05, 4.69) is 27.7 Å². The van der Waals surface area contributed by atoms with Crippen molar-refractivity contribution in [2.24, 2.45) is 0 Å². The Bertz CT molecular complexity index is 894. The van der Waals surface area contributed by atoms with E-state index in [1.54, 1.807) is 31.2 Å². The molecule has 3 rings (SSSR count). The van der Waals surface area contributed by atoms with E-state index in [4.69, 9.17) is 4.74 Å². The van der Waals surface area contributed by atoms with Crippen LogP contribution in [0.4, 0.5) is 17.1 Å². The number of ether oxygens (including phenoxy) is 1. The molecule has 1 fully saturated rings. The first-order valence-electron chi connectivity index (χ1n) is 10.2. The number of methoxy groups -OCH3 is 1. The monoisotopic (exact) mass is 410 g/mol. The van der Waals surface area contributed by atoms with Crippen LogP contribution in [0.2, 0.25) is 0 Å². The quantitative estimate of drug-likeness (QED) is 0.700. The van der Waals surface area contributed by atoms with Crippen LogP contribution in [0.5, 0.6) is 5.75 Å². The van der Waals surface area contributed by atoms with Crippen LogP contribution in [0.25, 0.3) is 0 Å². The second kappa shape index (κ2) is 10.1. The number of carbonyl (C=O) groups excluding carboxylic acids is 2. The first-order valence-corrected chi connectivity index (χ1v) is 10.2. The Morgan fingerprint density at radius 1 is 1.03 bits per heavy atom. The molecule has 160 valence electrons. The van der Waals surface area contributed by atoms with Crippen molar-refractivity contribution < 1.29 is 14.3 Å². The molecule has 2 amide bonds. The number of carbonyl (C=O) groups is 2. The van der Waals surface area contributed by atoms with Gasteiger partial charge in [0.15, 0.2) is 0 Å². The molecule has 1 saturated heterocycles. The van der Waals surface area contributed by atoms with Crippen LogP contribution >= 0.6 is 0 Å². The summed E-state index contributed by atoms with van der Waals surface area (Å²) in [6.07, 6.45) is 2.46. The second-order valence-corrected chi connectivity index (χ2v) is 7.69. The lowest BCUT2D eigenvalue weighted by Crippen LogP contribution is -2.36. The van der Waals surface area contributed by atoms with Gasteiger partial charge in [0.05, 0.1) is 20.2 Å². The molecule has 0 radical (unpaired) electrons. The van der Waals surface area contributed by atoms with Crippen LogP contribution in [0.15, 0.2) is 42.5 Å². The van der Waals surface area contributed by atoms with Gasteiger partial charge in [-0.1, -0.05) is 6.07 Å². The summed E-state index contributed by atoms with van der Waals surface area (Å²) >= 11 is 0. The molecule has 1 aliphatic rings. The first-order chi connectivity index (χ1) is 14.4. The number of rotatable bonds is 8. The maximum atomic E-state index is 12.4. The smallest absolute Gasteiger partial charge is 0.238 e. The molecule has 0 aliphatic carbocycles. The summed E-state index contributed by atoms with van der Waals surface area (Å²) in [6, 6.07) is 13.3. The van der Waals surface area contributed by atoms with E-state index in [1.165, 1.54) is 18.5 Å². The lowest BCUT2D eigenvalue weighted by molar-refractivity contribution is -0.119. The molecule has 0 bridgehead atoms. The largest absolute Gasteiger partial charge is 0.497 e. The fourth-order valence-corrected chi connectivity index (χ4v) is 3.60. The molecule has 7 nitrogen and oxygen atoms in total. The Morgan fingerprint density at radius 2 is 1.73 bits per heavy atom. The average molecular weight is 411 g/mol. The number of anilines is 3. The van der Waals surface area contributed by atoms with Gasteiger partial charge in [0.2, 0.25) is 11.8 Å². The van der Waals surface area contributed by atoms with Gasteiger partial charge in [0.25, 0.3) is 0 Å². The lowest BCUT2D eigenvalue weighted by Gasteiger charge is -2.20. The third kappa shape index (κ3) is 5.97. The van der Waals surface area contributed by atoms with E-state index in [9.17, 15) is 9.59 Å². The molecular formula is C23H30N4O3. The van der Waals surface area contributed by atoms with E-state index in [1.807, 2.05) is 25.1 Å². The third-order valence-electron chi connectivity index (χ3n) is 5.14. The minimum absolute atomic E-state index is 0.109. The van der Waals surface area contributed by atoms with Crippen molar-refractivity contribution in [2.75, 3.05) is 55.9 Å². The van der Waals surface area contributed by atoms with Crippen molar-refractivity contribution in [1.82, 2.24) is 4.90 Å². The van der Waals surface area contributed by atoms with Crippen molar-refractivity contribution in [3.8, 4) is 5.75 Å². The highest BCUT2D eigenvalue weighted by atomic mass is 16.5. The number of nitrogens with one attached hydrogen (secondary N) is 2. The van der Waals surface area contributed by atoms with E-state index >= 15 is 0 Å². The molecule has 0 atom stereocenters. The van der Waals surface area contributed by atoms with Gasteiger partial charge in [-0.15, -0.1) is 0 Å². The van der Waals surface area contributed by atoms with Gasteiger partial charge >= 0.3 is 0 Å². The Morgan fingerprint density at radius 3 is 2.40 bits per heavy atom. The predicted molar refractivity (Wildman–Crippen MR) is 120 cm³/mol. The standard InChI is InChI=1S/C23H30N4O3/c1-17-13-19(27-11-4-5-12-27)9-10-21(17)25-23(29)16-26(2)15-22(28)24-18-7-6-8-20(14-18)30-3/h6-10,13-14H,4-5,11-12,15-16H2,1-3H3,(H,24,28)(H,25,29). The molecule has 0 unspecified atom stereocenters. The van der Waals surface area contributed by atoms with Crippen LogP contribution in [0.1, 0.15) is 18.4 Å². The lowest BCUT2D eigenvalue weighted by atomic mass is 10.1. The number of amides is 2. The van der Waals surface area contributed by atoms with Gasteiger partial charge in [0.1, 0.15) is 5.75 Å². The van der Waals surface area contributed by atoms with Crippen LogP contribution in [0.3, 0.4) is 0 Å². The summed E-state index contributed by atoms with van der Waals surface area (Å²) in [7, 11) is 3.32. The number of benzene rings is 2. The van der Waals surface area contributed by atoms with Gasteiger partial charge in [-0.05, 0) is 62.7 Å². The van der Waals surface area contributed by atoms with E-state index in [0.29, 0.717) is 11.4 Å². The number of aryl methyl sites for hydroxylation is 1. The molecule has 30 heavy (non-hydrogen) atoms. The highest BCUT2D eigenvalue weighted by Gasteiger charge is 2.15. The van der Waals surface area contributed by atoms with Gasteiger partial charge in [-0.3, -0.25) is 14.5 Å². The normalized spacial score (nSPS) is 13.4. The molecule has 2 aromatic rings. The van der Waals surface area contributed by atoms with Crippen molar-refractivity contribution in [1.29, 1.82) is 0 Å². The Labute approximate surface area is 178 Å². The Hall–Kier alpha value is -3.06. The van der Waals surface area contributed by atoms with Crippen LogP contribution in [-0.2, 0) is 9.59 Å². The highest BCUT2D eigenvalue weighted by molar-refractivity contribution is 5.95. The van der Waals surface area contributed by atoms with Gasteiger partial charge < -0.3 is 20.3 Å². The Kier molecular flexibility index (Phi) is 7.30. The number of likely N-dealkylation sites (N-methyl/N-ethyl adjacent to an activating group) is 1. The second-order valence-electron chi connectivity index (χ2n) is 7.69. The molecule has 7 heteroatoms. The summed E-state index contributed by atoms with van der Waals surface area (Å²) in [5.41, 5.74) is 3.70. The zero-order valence-corrected chi connectivity index (χ0v) is 17.9. The fourth-order valence-electron chi connectivity index (χ4n) is 3.60. The average Bonchev–Trinajstić information content (AvgIpc) is 3.24. The van der Waals surface area contributed by atoms with Gasteiger partial charge in [-0.25, -0.2) is 0 Å². The van der Waals surface area contributed by atoms with E-state index in [0.717, 1.165) is 24.3 Å². The minimum atomic E-state index is -0.190. The summed E-state index contributed by atoms with van der Waals surface area (Å²) in [5, 5.41) is 5.77.